The van der Waals surface area contributed by atoms with Crippen LogP contribution in [-0.2, 0) is 19.4 Å². The van der Waals surface area contributed by atoms with E-state index < -0.39 is 0 Å². The molecule has 1 rings (SSSR count). The van der Waals surface area contributed by atoms with Crippen molar-refractivity contribution in [3.05, 3.63) is 17.5 Å². The minimum absolute atomic E-state index is 0.215. The molecule has 0 aromatic carbocycles. The van der Waals surface area contributed by atoms with Crippen LogP contribution in [0.3, 0.4) is 0 Å². The first-order valence-corrected chi connectivity index (χ1v) is 6.49. The normalized spacial score (nSPS) is 11.5. The van der Waals surface area contributed by atoms with Gasteiger partial charge in [-0.25, -0.2) is 0 Å². The zero-order valence-corrected chi connectivity index (χ0v) is 11.5. The van der Waals surface area contributed by atoms with E-state index in [9.17, 15) is 0 Å². The van der Waals surface area contributed by atoms with Gasteiger partial charge in [0.25, 0.3) is 0 Å². The van der Waals surface area contributed by atoms with Crippen LogP contribution >= 0.6 is 0 Å². The molecule has 0 bridgehead atoms. The van der Waals surface area contributed by atoms with E-state index in [2.05, 4.69) is 35.8 Å². The third-order valence-electron chi connectivity index (χ3n) is 3.11. The maximum atomic E-state index is 8.96. The summed E-state index contributed by atoms with van der Waals surface area (Å²) >= 11 is 0. The highest BCUT2D eigenvalue weighted by Gasteiger charge is 2.16. The Balaban J connectivity index is 2.57. The second-order valence-corrected chi connectivity index (χ2v) is 5.16. The molecule has 0 unspecified atom stereocenters. The number of aryl methyl sites for hydroxylation is 3. The molecule has 3 heteroatoms. The van der Waals surface area contributed by atoms with E-state index in [1.54, 1.807) is 0 Å². The van der Waals surface area contributed by atoms with Gasteiger partial charge in [0.05, 0.1) is 17.2 Å². The molecule has 0 radical (unpaired) electrons. The largest absolute Gasteiger partial charge is 0.269 e. The van der Waals surface area contributed by atoms with E-state index in [-0.39, 0.29) is 5.41 Å². The van der Waals surface area contributed by atoms with Gasteiger partial charge in [-0.1, -0.05) is 13.8 Å². The number of hydrogen-bond acceptors (Lipinski definition) is 2. The summed E-state index contributed by atoms with van der Waals surface area (Å²) in [6.07, 6.45) is 3.95. The SMILES string of the molecule is CCc1cc(CC)n(CCCC(C)(C)C#N)n1. The zero-order chi connectivity index (χ0) is 12.9. The first kappa shape index (κ1) is 13.8. The van der Waals surface area contributed by atoms with Gasteiger partial charge in [-0.3, -0.25) is 4.68 Å². The molecule has 17 heavy (non-hydrogen) atoms. The lowest BCUT2D eigenvalue weighted by Crippen LogP contribution is -2.11. The Kier molecular flexibility index (Phi) is 4.74. The molecule has 0 saturated heterocycles. The summed E-state index contributed by atoms with van der Waals surface area (Å²) in [5, 5.41) is 13.5. The van der Waals surface area contributed by atoms with Crippen molar-refractivity contribution < 1.29 is 0 Å². The van der Waals surface area contributed by atoms with E-state index in [0.29, 0.717) is 0 Å². The molecule has 0 amide bonds. The molecule has 94 valence electrons. The average Bonchev–Trinajstić information content (AvgIpc) is 2.71. The first-order chi connectivity index (χ1) is 8.02. The van der Waals surface area contributed by atoms with Gasteiger partial charge in [0, 0.05) is 12.2 Å². The standard InChI is InChI=1S/C14H23N3/c1-5-12-10-13(6-2)17(16-12)9-7-8-14(3,4)11-15/h10H,5-9H2,1-4H3. The molecule has 0 aliphatic rings. The first-order valence-electron chi connectivity index (χ1n) is 6.49. The van der Waals surface area contributed by atoms with Crippen LogP contribution in [0.1, 0.15) is 51.9 Å². The third kappa shape index (κ3) is 3.89. The Hall–Kier alpha value is -1.30. The average molecular weight is 233 g/mol. The van der Waals surface area contributed by atoms with E-state index >= 15 is 0 Å². The highest BCUT2D eigenvalue weighted by molar-refractivity contribution is 5.10. The number of nitriles is 1. The quantitative estimate of drug-likeness (QED) is 0.756. The van der Waals surface area contributed by atoms with Crippen LogP contribution in [0.15, 0.2) is 6.07 Å². The second kappa shape index (κ2) is 5.86. The van der Waals surface area contributed by atoms with Crippen LogP contribution in [-0.4, -0.2) is 9.78 Å². The predicted molar refractivity (Wildman–Crippen MR) is 69.6 cm³/mol. The number of nitrogens with zero attached hydrogens (tertiary/aromatic N) is 3. The van der Waals surface area contributed by atoms with Crippen LogP contribution in [0.25, 0.3) is 0 Å². The summed E-state index contributed by atoms with van der Waals surface area (Å²) in [5.41, 5.74) is 2.26. The van der Waals surface area contributed by atoms with Crippen molar-refractivity contribution >= 4 is 0 Å². The maximum absolute atomic E-state index is 8.96. The fourth-order valence-corrected chi connectivity index (χ4v) is 1.89. The second-order valence-electron chi connectivity index (χ2n) is 5.16. The Labute approximate surface area is 104 Å². The van der Waals surface area contributed by atoms with Crippen LogP contribution < -0.4 is 0 Å². The van der Waals surface area contributed by atoms with Crippen molar-refractivity contribution in [2.75, 3.05) is 0 Å². The number of aromatic nitrogens is 2. The van der Waals surface area contributed by atoms with Crippen molar-refractivity contribution in [1.82, 2.24) is 9.78 Å². The highest BCUT2D eigenvalue weighted by Crippen LogP contribution is 2.21. The summed E-state index contributed by atoms with van der Waals surface area (Å²) in [6, 6.07) is 4.53. The van der Waals surface area contributed by atoms with Gasteiger partial charge in [0.15, 0.2) is 0 Å². The van der Waals surface area contributed by atoms with Crippen molar-refractivity contribution in [2.45, 2.75) is 59.9 Å². The summed E-state index contributed by atoms with van der Waals surface area (Å²) < 4.78 is 2.10. The van der Waals surface area contributed by atoms with Gasteiger partial charge < -0.3 is 0 Å². The zero-order valence-electron chi connectivity index (χ0n) is 11.5. The molecule has 3 nitrogen and oxygen atoms in total. The molecule has 0 aliphatic heterocycles. The van der Waals surface area contributed by atoms with Gasteiger partial charge in [-0.2, -0.15) is 10.4 Å². The van der Waals surface area contributed by atoms with E-state index in [1.807, 2.05) is 13.8 Å². The summed E-state index contributed by atoms with van der Waals surface area (Å²) in [5.74, 6) is 0. The molecule has 0 atom stereocenters. The summed E-state index contributed by atoms with van der Waals surface area (Å²) in [6.45, 7) is 9.20. The minimum atomic E-state index is -0.215. The molecule has 0 spiro atoms. The van der Waals surface area contributed by atoms with Crippen LogP contribution in [0, 0.1) is 16.7 Å². The highest BCUT2D eigenvalue weighted by atomic mass is 15.3. The van der Waals surface area contributed by atoms with Gasteiger partial charge in [-0.05, 0) is 45.6 Å². The van der Waals surface area contributed by atoms with Gasteiger partial charge in [0.2, 0.25) is 0 Å². The smallest absolute Gasteiger partial charge is 0.0683 e. The monoisotopic (exact) mass is 233 g/mol. The predicted octanol–water partition coefficient (Wildman–Crippen LogP) is 3.34. The fourth-order valence-electron chi connectivity index (χ4n) is 1.89. The molecule has 0 N–H and O–H groups in total. The molecule has 0 fully saturated rings. The molecular weight excluding hydrogens is 210 g/mol. The molecule has 1 aromatic rings. The summed E-state index contributed by atoms with van der Waals surface area (Å²) in [4.78, 5) is 0. The topological polar surface area (TPSA) is 41.6 Å². The fraction of sp³-hybridized carbons (Fsp3) is 0.714. The lowest BCUT2D eigenvalue weighted by Gasteiger charge is -2.14. The Morgan fingerprint density at radius 3 is 2.59 bits per heavy atom. The third-order valence-corrected chi connectivity index (χ3v) is 3.11. The van der Waals surface area contributed by atoms with Gasteiger partial charge in [-0.15, -0.1) is 0 Å². The van der Waals surface area contributed by atoms with Gasteiger partial charge in [0.1, 0.15) is 0 Å². The van der Waals surface area contributed by atoms with Crippen molar-refractivity contribution in [2.24, 2.45) is 5.41 Å². The van der Waals surface area contributed by atoms with Crippen molar-refractivity contribution in [1.29, 1.82) is 5.26 Å². The van der Waals surface area contributed by atoms with Crippen LogP contribution in [0.5, 0.6) is 0 Å². The van der Waals surface area contributed by atoms with Crippen molar-refractivity contribution in [3.8, 4) is 6.07 Å². The van der Waals surface area contributed by atoms with E-state index in [4.69, 9.17) is 5.26 Å². The van der Waals surface area contributed by atoms with Crippen molar-refractivity contribution in [3.63, 3.8) is 0 Å². The molecule has 0 aliphatic carbocycles. The Morgan fingerprint density at radius 1 is 1.35 bits per heavy atom. The molecule has 1 aromatic heterocycles. The lowest BCUT2D eigenvalue weighted by molar-refractivity contribution is 0.403. The van der Waals surface area contributed by atoms with E-state index in [0.717, 1.165) is 32.2 Å². The Morgan fingerprint density at radius 2 is 2.06 bits per heavy atom. The van der Waals surface area contributed by atoms with Gasteiger partial charge >= 0.3 is 0 Å². The summed E-state index contributed by atoms with van der Waals surface area (Å²) in [7, 11) is 0. The number of rotatable bonds is 6. The minimum Gasteiger partial charge on any atom is -0.269 e. The van der Waals surface area contributed by atoms with E-state index in [1.165, 1.54) is 11.4 Å². The maximum Gasteiger partial charge on any atom is 0.0683 e. The van der Waals surface area contributed by atoms with Crippen LogP contribution in [0.4, 0.5) is 0 Å². The molecule has 0 saturated carbocycles. The number of hydrogen-bond donors (Lipinski definition) is 0. The lowest BCUT2D eigenvalue weighted by atomic mass is 9.90. The van der Waals surface area contributed by atoms with Crippen LogP contribution in [0.2, 0.25) is 0 Å². The Bertz CT molecular complexity index is 396. The molecule has 1 heterocycles. The molecular formula is C14H23N3.